The molecule has 104 valence electrons. The fraction of sp³-hybridized carbons (Fsp3) is 0.429. The van der Waals surface area contributed by atoms with Crippen molar-refractivity contribution in [3.8, 4) is 6.07 Å². The summed E-state index contributed by atoms with van der Waals surface area (Å²) in [5.41, 5.74) is 0.658. The highest BCUT2D eigenvalue weighted by Crippen LogP contribution is 2.15. The Labute approximate surface area is 117 Å². The average molecular weight is 271 g/mol. The molecule has 2 rings (SSSR count). The highest BCUT2D eigenvalue weighted by molar-refractivity contribution is 5.80. The van der Waals surface area contributed by atoms with Gasteiger partial charge in [0.1, 0.15) is 17.6 Å². The molecule has 6 heteroatoms. The van der Waals surface area contributed by atoms with E-state index in [0.29, 0.717) is 0 Å². The van der Waals surface area contributed by atoms with Gasteiger partial charge in [-0.05, 0) is 25.0 Å². The highest BCUT2D eigenvalue weighted by atomic mass is 16.2. The van der Waals surface area contributed by atoms with Crippen molar-refractivity contribution < 1.29 is 4.79 Å². The third-order valence-electron chi connectivity index (χ3n) is 3.50. The molecule has 20 heavy (non-hydrogen) atoms. The Kier molecular flexibility index (Phi) is 3.70. The average Bonchev–Trinajstić information content (AvgIpc) is 2.82. The number of rotatable bonds is 4. The number of nitriles is 1. The van der Waals surface area contributed by atoms with E-state index in [-0.39, 0.29) is 18.4 Å². The summed E-state index contributed by atoms with van der Waals surface area (Å²) in [7, 11) is 0. The summed E-state index contributed by atoms with van der Waals surface area (Å²) in [6, 6.07) is 9.58. The third kappa shape index (κ3) is 2.62. The van der Waals surface area contributed by atoms with Crippen LogP contribution in [0.25, 0.3) is 11.0 Å². The van der Waals surface area contributed by atoms with Gasteiger partial charge in [0.15, 0.2) is 0 Å². The Morgan fingerprint density at radius 2 is 2.20 bits per heavy atom. The molecule has 0 saturated carbocycles. The summed E-state index contributed by atoms with van der Waals surface area (Å²) in [6.45, 7) is 5.56. The molecule has 0 spiro atoms. The molecule has 2 aromatic rings. The van der Waals surface area contributed by atoms with E-state index in [4.69, 9.17) is 0 Å². The number of hydrogen-bond acceptors (Lipinski definition) is 4. The maximum absolute atomic E-state index is 12.1. The Hall–Kier alpha value is -2.42. The number of aromatic nitrogens is 3. The van der Waals surface area contributed by atoms with Crippen LogP contribution in [0.2, 0.25) is 0 Å². The smallest absolute Gasteiger partial charge is 0.243 e. The predicted molar refractivity (Wildman–Crippen MR) is 74.5 cm³/mol. The lowest BCUT2D eigenvalue weighted by atomic mass is 9.90. The molecule has 1 amide bonds. The molecule has 1 heterocycles. The lowest BCUT2D eigenvalue weighted by Gasteiger charge is -2.27. The van der Waals surface area contributed by atoms with Crippen LogP contribution in [0.15, 0.2) is 24.3 Å². The van der Waals surface area contributed by atoms with Crippen LogP contribution in [-0.4, -0.2) is 26.4 Å². The number of nitrogens with zero attached hydrogens (tertiary/aromatic N) is 4. The van der Waals surface area contributed by atoms with Gasteiger partial charge >= 0.3 is 0 Å². The second-order valence-corrected chi connectivity index (χ2v) is 5.25. The normalized spacial score (nSPS) is 13.9. The summed E-state index contributed by atoms with van der Waals surface area (Å²) < 4.78 is 1.53. The SMILES string of the molecule is CC(C)[C@](C)(C#N)NC(=O)Cn1nnc2ccccc21. The zero-order chi connectivity index (χ0) is 14.8. The Morgan fingerprint density at radius 3 is 2.85 bits per heavy atom. The van der Waals surface area contributed by atoms with Gasteiger partial charge in [-0.25, -0.2) is 4.68 Å². The molecular formula is C14H17N5O. The van der Waals surface area contributed by atoms with Crippen molar-refractivity contribution in [2.24, 2.45) is 5.92 Å². The van der Waals surface area contributed by atoms with Crippen molar-refractivity contribution in [1.82, 2.24) is 20.3 Å². The van der Waals surface area contributed by atoms with Crippen molar-refractivity contribution >= 4 is 16.9 Å². The molecular weight excluding hydrogens is 254 g/mol. The minimum Gasteiger partial charge on any atom is -0.336 e. The predicted octanol–water partition coefficient (Wildman–Crippen LogP) is 1.49. The van der Waals surface area contributed by atoms with E-state index in [1.165, 1.54) is 4.68 Å². The number of benzene rings is 1. The molecule has 1 N–H and O–H groups in total. The lowest BCUT2D eigenvalue weighted by Crippen LogP contribution is -2.49. The third-order valence-corrected chi connectivity index (χ3v) is 3.50. The van der Waals surface area contributed by atoms with E-state index in [1.807, 2.05) is 38.1 Å². The fourth-order valence-corrected chi connectivity index (χ4v) is 1.80. The van der Waals surface area contributed by atoms with E-state index in [0.717, 1.165) is 11.0 Å². The van der Waals surface area contributed by atoms with Gasteiger partial charge in [0.2, 0.25) is 5.91 Å². The first-order chi connectivity index (χ1) is 9.46. The van der Waals surface area contributed by atoms with Crippen molar-refractivity contribution in [3.63, 3.8) is 0 Å². The van der Waals surface area contributed by atoms with Gasteiger partial charge in [-0.3, -0.25) is 4.79 Å². The summed E-state index contributed by atoms with van der Waals surface area (Å²) in [6.07, 6.45) is 0. The van der Waals surface area contributed by atoms with Crippen LogP contribution in [0.5, 0.6) is 0 Å². The minimum absolute atomic E-state index is 0.0175. The molecule has 6 nitrogen and oxygen atoms in total. The molecule has 1 atom stereocenters. The van der Waals surface area contributed by atoms with Crippen LogP contribution in [0.1, 0.15) is 20.8 Å². The van der Waals surface area contributed by atoms with Gasteiger partial charge in [-0.2, -0.15) is 5.26 Å². The molecule has 0 radical (unpaired) electrons. The molecule has 0 aliphatic heterocycles. The maximum atomic E-state index is 12.1. The quantitative estimate of drug-likeness (QED) is 0.913. The first kappa shape index (κ1) is 14.0. The largest absolute Gasteiger partial charge is 0.336 e. The number of carbonyl (C=O) groups is 1. The van der Waals surface area contributed by atoms with Crippen molar-refractivity contribution in [3.05, 3.63) is 24.3 Å². The van der Waals surface area contributed by atoms with E-state index in [2.05, 4.69) is 21.7 Å². The van der Waals surface area contributed by atoms with E-state index in [1.54, 1.807) is 6.92 Å². The van der Waals surface area contributed by atoms with Gasteiger partial charge in [0.25, 0.3) is 0 Å². The fourth-order valence-electron chi connectivity index (χ4n) is 1.80. The van der Waals surface area contributed by atoms with Crippen LogP contribution < -0.4 is 5.32 Å². The number of para-hydroxylation sites is 1. The molecule has 0 unspecified atom stereocenters. The van der Waals surface area contributed by atoms with Crippen LogP contribution in [-0.2, 0) is 11.3 Å². The second-order valence-electron chi connectivity index (χ2n) is 5.25. The number of carbonyl (C=O) groups excluding carboxylic acids is 1. The first-order valence-corrected chi connectivity index (χ1v) is 6.47. The Balaban J connectivity index is 2.15. The minimum atomic E-state index is -0.881. The van der Waals surface area contributed by atoms with E-state index >= 15 is 0 Å². The second kappa shape index (κ2) is 5.29. The first-order valence-electron chi connectivity index (χ1n) is 6.47. The maximum Gasteiger partial charge on any atom is 0.243 e. The number of amides is 1. The molecule has 0 aliphatic carbocycles. The molecule has 1 aromatic heterocycles. The van der Waals surface area contributed by atoms with Gasteiger partial charge in [-0.1, -0.05) is 31.2 Å². The molecule has 0 bridgehead atoms. The molecule has 1 aromatic carbocycles. The number of nitrogens with one attached hydrogen (secondary N) is 1. The summed E-state index contributed by atoms with van der Waals surface area (Å²) in [4.78, 5) is 12.1. The molecule has 0 aliphatic rings. The van der Waals surface area contributed by atoms with Crippen LogP contribution >= 0.6 is 0 Å². The van der Waals surface area contributed by atoms with Gasteiger partial charge in [0.05, 0.1) is 11.6 Å². The Morgan fingerprint density at radius 1 is 1.50 bits per heavy atom. The summed E-state index contributed by atoms with van der Waals surface area (Å²) >= 11 is 0. The van der Waals surface area contributed by atoms with Crippen molar-refractivity contribution in [2.45, 2.75) is 32.9 Å². The van der Waals surface area contributed by atoms with Gasteiger partial charge < -0.3 is 5.32 Å². The summed E-state index contributed by atoms with van der Waals surface area (Å²) in [5, 5.41) is 19.9. The Bertz CT molecular complexity index is 669. The number of hydrogen-bond donors (Lipinski definition) is 1. The van der Waals surface area contributed by atoms with Crippen LogP contribution in [0.3, 0.4) is 0 Å². The molecule has 0 saturated heterocycles. The van der Waals surface area contributed by atoms with Crippen LogP contribution in [0, 0.1) is 17.2 Å². The zero-order valence-electron chi connectivity index (χ0n) is 11.8. The topological polar surface area (TPSA) is 83.6 Å². The monoisotopic (exact) mass is 271 g/mol. The molecule has 0 fully saturated rings. The van der Waals surface area contributed by atoms with E-state index < -0.39 is 5.54 Å². The summed E-state index contributed by atoms with van der Waals surface area (Å²) in [5.74, 6) is -0.234. The van der Waals surface area contributed by atoms with E-state index in [9.17, 15) is 10.1 Å². The van der Waals surface area contributed by atoms with Crippen molar-refractivity contribution in [1.29, 1.82) is 5.26 Å². The van der Waals surface area contributed by atoms with Crippen LogP contribution in [0.4, 0.5) is 0 Å². The highest BCUT2D eigenvalue weighted by Gasteiger charge is 2.30. The van der Waals surface area contributed by atoms with Crippen molar-refractivity contribution in [2.75, 3.05) is 0 Å². The number of fused-ring (bicyclic) bond motifs is 1. The van der Waals surface area contributed by atoms with Gasteiger partial charge in [-0.15, -0.1) is 5.10 Å². The zero-order valence-corrected chi connectivity index (χ0v) is 11.8. The standard InChI is InChI=1S/C14H17N5O/c1-10(2)14(3,9-15)16-13(20)8-19-12-7-5-4-6-11(12)17-18-19/h4-7,10H,8H2,1-3H3,(H,16,20)/t14-/m0/s1. The lowest BCUT2D eigenvalue weighted by molar-refractivity contribution is -0.123. The van der Waals surface area contributed by atoms with Gasteiger partial charge in [0, 0.05) is 0 Å².